The summed E-state index contributed by atoms with van der Waals surface area (Å²) in [6, 6.07) is 11.5. The van der Waals surface area contributed by atoms with Gasteiger partial charge in [0.2, 0.25) is 5.95 Å². The number of hydrogen-bond donors (Lipinski definition) is 2. The largest absolute Gasteiger partial charge is 0.494 e. The number of ether oxygens (including phenoxy) is 1. The van der Waals surface area contributed by atoms with Crippen LogP contribution in [-0.4, -0.2) is 70.7 Å². The Morgan fingerprint density at radius 1 is 1.24 bits per heavy atom. The van der Waals surface area contributed by atoms with Crippen molar-refractivity contribution in [1.29, 1.82) is 0 Å². The van der Waals surface area contributed by atoms with Crippen LogP contribution in [0.2, 0.25) is 0 Å². The third kappa shape index (κ3) is 5.00. The summed E-state index contributed by atoms with van der Waals surface area (Å²) in [7, 11) is 5.65. The molecule has 1 aliphatic heterocycles. The van der Waals surface area contributed by atoms with Crippen LogP contribution in [-0.2, 0) is 4.79 Å². The number of amides is 1. The van der Waals surface area contributed by atoms with Crippen LogP contribution in [0.25, 0.3) is 16.8 Å². The van der Waals surface area contributed by atoms with Crippen molar-refractivity contribution in [1.82, 2.24) is 24.5 Å². The third-order valence-electron chi connectivity index (χ3n) is 6.65. The highest BCUT2D eigenvalue weighted by atomic mass is 19.1. The summed E-state index contributed by atoms with van der Waals surface area (Å²) in [5, 5.41) is 10.2. The van der Waals surface area contributed by atoms with Crippen molar-refractivity contribution in [2.45, 2.75) is 12.5 Å². The van der Waals surface area contributed by atoms with Crippen LogP contribution in [0.4, 0.5) is 27.4 Å². The number of anilines is 4. The van der Waals surface area contributed by atoms with Gasteiger partial charge in [0.15, 0.2) is 5.83 Å². The van der Waals surface area contributed by atoms with E-state index in [1.54, 1.807) is 30.1 Å². The molecule has 1 amide bonds. The fourth-order valence-electron chi connectivity index (χ4n) is 4.59. The number of aromatic nitrogens is 4. The fraction of sp³-hybridized carbons (Fsp3) is 0.259. The molecule has 3 aromatic heterocycles. The van der Waals surface area contributed by atoms with E-state index in [1.165, 1.54) is 0 Å². The summed E-state index contributed by atoms with van der Waals surface area (Å²) in [5.74, 6) is -1.13. The molecule has 1 saturated heterocycles. The molecule has 1 aliphatic rings. The molecule has 4 aromatic rings. The SMILES string of the molecule is C=C(F)C(=O)Nc1cc(Nc2nccc(-c3cnn4ccccc34)n2)c(OC)cc1N1CC[C@@H](N(C)C)C1. The lowest BCUT2D eigenvalue weighted by Gasteiger charge is -2.25. The molecule has 5 rings (SSSR count). The zero-order valence-corrected chi connectivity index (χ0v) is 21.5. The number of nitrogens with one attached hydrogen (secondary N) is 2. The maximum atomic E-state index is 13.6. The first-order chi connectivity index (χ1) is 18.3. The summed E-state index contributed by atoms with van der Waals surface area (Å²) in [4.78, 5) is 25.6. The van der Waals surface area contributed by atoms with Crippen molar-refractivity contribution in [3.8, 4) is 17.0 Å². The van der Waals surface area contributed by atoms with Crippen LogP contribution >= 0.6 is 0 Å². The van der Waals surface area contributed by atoms with Gasteiger partial charge in [-0.05, 0) is 44.8 Å². The first-order valence-corrected chi connectivity index (χ1v) is 12.2. The van der Waals surface area contributed by atoms with E-state index < -0.39 is 11.7 Å². The fourth-order valence-corrected chi connectivity index (χ4v) is 4.59. The monoisotopic (exact) mass is 516 g/mol. The van der Waals surface area contributed by atoms with Crippen LogP contribution in [0.1, 0.15) is 6.42 Å². The lowest BCUT2D eigenvalue weighted by Crippen LogP contribution is -2.31. The standard InChI is InChI=1S/C27H29FN8O2/c1-17(28)26(37)31-21-13-22(25(38-4)14-24(21)35-12-9-18(16-35)34(2)3)33-27-29-10-8-20(32-27)19-15-30-36-11-6-5-7-23(19)36/h5-8,10-11,13-15,18H,1,9,12,16H2,2-4H3,(H,31,37)(H,29,32,33)/t18-/m1/s1. The topological polar surface area (TPSA) is 99.9 Å². The van der Waals surface area contributed by atoms with Crippen LogP contribution in [0.3, 0.4) is 0 Å². The van der Waals surface area contributed by atoms with E-state index in [9.17, 15) is 9.18 Å². The minimum atomic E-state index is -1.07. The summed E-state index contributed by atoms with van der Waals surface area (Å²) < 4.78 is 21.1. The van der Waals surface area contributed by atoms with Crippen LogP contribution in [0.5, 0.6) is 5.75 Å². The van der Waals surface area contributed by atoms with Gasteiger partial charge < -0.3 is 25.2 Å². The van der Waals surface area contributed by atoms with Gasteiger partial charge in [-0.25, -0.2) is 18.9 Å². The highest BCUT2D eigenvalue weighted by Gasteiger charge is 2.27. The van der Waals surface area contributed by atoms with Crippen LogP contribution in [0, 0.1) is 0 Å². The van der Waals surface area contributed by atoms with Crippen molar-refractivity contribution in [3.63, 3.8) is 0 Å². The minimum Gasteiger partial charge on any atom is -0.494 e. The van der Waals surface area contributed by atoms with E-state index in [2.05, 4.69) is 42.1 Å². The molecule has 0 saturated carbocycles. The van der Waals surface area contributed by atoms with Gasteiger partial charge in [0.25, 0.3) is 5.91 Å². The molecule has 0 aliphatic carbocycles. The van der Waals surface area contributed by atoms with Gasteiger partial charge in [-0.1, -0.05) is 12.6 Å². The molecular formula is C27H29FN8O2. The summed E-state index contributed by atoms with van der Waals surface area (Å²) in [6.45, 7) is 4.66. The quantitative estimate of drug-likeness (QED) is 0.338. The van der Waals surface area contributed by atoms with E-state index in [0.717, 1.165) is 36.3 Å². The summed E-state index contributed by atoms with van der Waals surface area (Å²) in [5.41, 5.74) is 4.13. The van der Waals surface area contributed by atoms with Crippen LogP contribution < -0.4 is 20.3 Å². The van der Waals surface area contributed by atoms with Crippen LogP contribution in [0.15, 0.2) is 67.4 Å². The molecule has 38 heavy (non-hydrogen) atoms. The molecule has 4 heterocycles. The number of carbonyl (C=O) groups is 1. The normalized spacial score (nSPS) is 15.2. The summed E-state index contributed by atoms with van der Waals surface area (Å²) >= 11 is 0. The second-order valence-corrected chi connectivity index (χ2v) is 9.26. The Balaban J connectivity index is 1.50. The highest BCUT2D eigenvalue weighted by Crippen LogP contribution is 2.40. The van der Waals surface area contributed by atoms with Gasteiger partial charge in [0, 0.05) is 43.2 Å². The Labute approximate surface area is 219 Å². The average molecular weight is 517 g/mol. The smallest absolute Gasteiger partial charge is 0.283 e. The maximum Gasteiger partial charge on any atom is 0.283 e. The Morgan fingerprint density at radius 3 is 2.82 bits per heavy atom. The molecule has 1 fully saturated rings. The lowest BCUT2D eigenvalue weighted by atomic mass is 10.2. The molecule has 196 valence electrons. The van der Waals surface area contributed by atoms with Crippen molar-refractivity contribution >= 4 is 34.4 Å². The zero-order chi connectivity index (χ0) is 26.8. The van der Waals surface area contributed by atoms with E-state index in [-0.39, 0.29) is 0 Å². The first kappa shape index (κ1) is 25.2. The first-order valence-electron chi connectivity index (χ1n) is 12.2. The maximum absolute atomic E-state index is 13.6. The molecule has 1 atom stereocenters. The number of hydrogen-bond acceptors (Lipinski definition) is 8. The number of nitrogens with zero attached hydrogens (tertiary/aromatic N) is 6. The Bertz CT molecular complexity index is 1500. The van der Waals surface area contributed by atoms with E-state index >= 15 is 0 Å². The predicted octanol–water partition coefficient (Wildman–Crippen LogP) is 4.11. The van der Waals surface area contributed by atoms with Gasteiger partial charge in [-0.15, -0.1) is 0 Å². The van der Waals surface area contributed by atoms with Crippen molar-refractivity contribution in [3.05, 3.63) is 67.4 Å². The number of rotatable bonds is 8. The molecule has 0 spiro atoms. The number of halogens is 1. The number of likely N-dealkylation sites (N-methyl/N-ethyl adjacent to an activating group) is 1. The lowest BCUT2D eigenvalue weighted by molar-refractivity contribution is -0.114. The third-order valence-corrected chi connectivity index (χ3v) is 6.65. The zero-order valence-electron chi connectivity index (χ0n) is 21.5. The Kier molecular flexibility index (Phi) is 6.93. The number of carbonyl (C=O) groups excluding carboxylic acids is 1. The van der Waals surface area contributed by atoms with Gasteiger partial charge in [-0.3, -0.25) is 4.79 Å². The van der Waals surface area contributed by atoms with E-state index in [0.29, 0.717) is 34.8 Å². The number of methoxy groups -OCH3 is 1. The van der Waals surface area contributed by atoms with Gasteiger partial charge >= 0.3 is 0 Å². The Hall–Kier alpha value is -4.51. The molecule has 11 heteroatoms. The van der Waals surface area contributed by atoms with Gasteiger partial charge in [0.05, 0.1) is 41.6 Å². The number of benzene rings is 1. The second-order valence-electron chi connectivity index (χ2n) is 9.26. The molecular weight excluding hydrogens is 487 g/mol. The summed E-state index contributed by atoms with van der Waals surface area (Å²) in [6.07, 6.45) is 6.24. The molecule has 0 unspecified atom stereocenters. The van der Waals surface area contributed by atoms with E-state index in [1.807, 2.05) is 50.6 Å². The molecule has 0 bridgehead atoms. The van der Waals surface area contributed by atoms with Crippen molar-refractivity contribution in [2.75, 3.05) is 49.8 Å². The van der Waals surface area contributed by atoms with Crippen molar-refractivity contribution < 1.29 is 13.9 Å². The number of pyridine rings is 1. The van der Waals surface area contributed by atoms with Gasteiger partial charge in [0.1, 0.15) is 5.75 Å². The minimum absolute atomic E-state index is 0.324. The Morgan fingerprint density at radius 2 is 2.08 bits per heavy atom. The molecule has 10 nitrogen and oxygen atoms in total. The predicted molar refractivity (Wildman–Crippen MR) is 146 cm³/mol. The average Bonchev–Trinajstić information content (AvgIpc) is 3.57. The highest BCUT2D eigenvalue weighted by molar-refractivity contribution is 6.04. The van der Waals surface area contributed by atoms with E-state index in [4.69, 9.17) is 4.74 Å². The molecule has 2 N–H and O–H groups in total. The van der Waals surface area contributed by atoms with Crippen molar-refractivity contribution in [2.24, 2.45) is 0 Å². The molecule has 1 aromatic carbocycles. The van der Waals surface area contributed by atoms with Gasteiger partial charge in [-0.2, -0.15) is 5.10 Å². The second kappa shape index (κ2) is 10.5. The molecule has 0 radical (unpaired) electrons. The number of fused-ring (bicyclic) bond motifs is 1.